The minimum absolute atomic E-state index is 0.163. The number of hydrogen-bond acceptors (Lipinski definition) is 8. The van der Waals surface area contributed by atoms with Gasteiger partial charge in [0, 0.05) is 26.7 Å². The van der Waals surface area contributed by atoms with Crippen molar-refractivity contribution in [3.05, 3.63) is 0 Å². The van der Waals surface area contributed by atoms with Gasteiger partial charge in [-0.1, -0.05) is 0 Å². The second kappa shape index (κ2) is 6.55. The van der Waals surface area contributed by atoms with E-state index in [9.17, 15) is 19.2 Å². The molecule has 0 N–H and O–H groups in total. The molecule has 118 valence electrons. The molecule has 0 heterocycles. The molecular formula is C13H18O8. The van der Waals surface area contributed by atoms with E-state index in [4.69, 9.17) is 9.47 Å². The number of hydrogen-bond donors (Lipinski definition) is 0. The van der Waals surface area contributed by atoms with Gasteiger partial charge in [-0.15, -0.1) is 0 Å². The van der Waals surface area contributed by atoms with Gasteiger partial charge in [0.1, 0.15) is 12.2 Å². The summed E-state index contributed by atoms with van der Waals surface area (Å²) in [4.78, 5) is 46.2. The standard InChI is InChI=1S/C13H18O8/c1-7(14)20-9-5-13(11(16)18-3,12(17)19-4)6-10(9)21-8(2)15/h9-10H,5-6H2,1-4H3/t9-,10-/m1/s1. The Morgan fingerprint density at radius 3 is 1.38 bits per heavy atom. The highest BCUT2D eigenvalue weighted by Gasteiger charge is 2.59. The van der Waals surface area contributed by atoms with E-state index in [2.05, 4.69) is 9.47 Å². The summed E-state index contributed by atoms with van der Waals surface area (Å²) >= 11 is 0. The van der Waals surface area contributed by atoms with Crippen molar-refractivity contribution in [3.63, 3.8) is 0 Å². The van der Waals surface area contributed by atoms with Crippen LogP contribution in [-0.4, -0.2) is 50.3 Å². The molecule has 0 amide bonds. The largest absolute Gasteiger partial charge is 0.468 e. The molecule has 0 spiro atoms. The van der Waals surface area contributed by atoms with Crippen LogP contribution in [0.1, 0.15) is 26.7 Å². The Hall–Kier alpha value is -2.12. The fourth-order valence-electron chi connectivity index (χ4n) is 2.50. The Labute approximate surface area is 121 Å². The lowest BCUT2D eigenvalue weighted by atomic mass is 9.86. The maximum atomic E-state index is 12.0. The second-order valence-electron chi connectivity index (χ2n) is 4.77. The molecule has 0 aromatic heterocycles. The maximum absolute atomic E-state index is 12.0. The fourth-order valence-corrected chi connectivity index (χ4v) is 2.50. The maximum Gasteiger partial charge on any atom is 0.323 e. The molecule has 8 nitrogen and oxygen atoms in total. The molecule has 1 saturated carbocycles. The molecule has 2 atom stereocenters. The van der Waals surface area contributed by atoms with Gasteiger partial charge in [0.25, 0.3) is 0 Å². The van der Waals surface area contributed by atoms with Crippen LogP contribution >= 0.6 is 0 Å². The van der Waals surface area contributed by atoms with Gasteiger partial charge >= 0.3 is 23.9 Å². The Balaban J connectivity index is 3.12. The van der Waals surface area contributed by atoms with Crippen molar-refractivity contribution in [2.45, 2.75) is 38.9 Å². The molecule has 0 aromatic carbocycles. The SMILES string of the molecule is COC(=O)C1(C(=O)OC)C[C@@H](OC(C)=O)[C@H](OC(C)=O)C1. The van der Waals surface area contributed by atoms with E-state index in [0.717, 1.165) is 14.2 Å². The van der Waals surface area contributed by atoms with Crippen molar-refractivity contribution in [3.8, 4) is 0 Å². The highest BCUT2D eigenvalue weighted by atomic mass is 16.6. The average Bonchev–Trinajstić information content (AvgIpc) is 2.75. The summed E-state index contributed by atoms with van der Waals surface area (Å²) in [5, 5.41) is 0. The van der Waals surface area contributed by atoms with E-state index in [1.54, 1.807) is 0 Å². The highest BCUT2D eigenvalue weighted by Crippen LogP contribution is 2.43. The lowest BCUT2D eigenvalue weighted by molar-refractivity contribution is -0.170. The summed E-state index contributed by atoms with van der Waals surface area (Å²) in [6, 6.07) is 0. The molecule has 0 radical (unpaired) electrons. The quantitative estimate of drug-likeness (QED) is 0.405. The first kappa shape index (κ1) is 16.9. The summed E-state index contributed by atoms with van der Waals surface area (Å²) in [5.41, 5.74) is -1.65. The number of ether oxygens (including phenoxy) is 4. The van der Waals surface area contributed by atoms with Crippen LogP contribution in [0.4, 0.5) is 0 Å². The molecular weight excluding hydrogens is 284 g/mol. The third kappa shape index (κ3) is 3.50. The highest BCUT2D eigenvalue weighted by molar-refractivity contribution is 6.00. The Morgan fingerprint density at radius 1 is 0.810 bits per heavy atom. The van der Waals surface area contributed by atoms with Gasteiger partial charge in [-0.2, -0.15) is 0 Å². The number of rotatable bonds is 4. The van der Waals surface area contributed by atoms with Crippen LogP contribution in [0.5, 0.6) is 0 Å². The van der Waals surface area contributed by atoms with Gasteiger partial charge < -0.3 is 18.9 Å². The average molecular weight is 302 g/mol. The van der Waals surface area contributed by atoms with Crippen LogP contribution in [0.3, 0.4) is 0 Å². The van der Waals surface area contributed by atoms with Crippen LogP contribution in [0.2, 0.25) is 0 Å². The summed E-state index contributed by atoms with van der Waals surface area (Å²) in [7, 11) is 2.26. The van der Waals surface area contributed by atoms with E-state index in [1.807, 2.05) is 0 Å². The van der Waals surface area contributed by atoms with Crippen molar-refractivity contribution < 1.29 is 38.1 Å². The van der Waals surface area contributed by atoms with Crippen molar-refractivity contribution >= 4 is 23.9 Å². The van der Waals surface area contributed by atoms with Gasteiger partial charge in [-0.05, 0) is 0 Å². The third-order valence-electron chi connectivity index (χ3n) is 3.30. The lowest BCUT2D eigenvalue weighted by Gasteiger charge is -2.22. The zero-order valence-corrected chi connectivity index (χ0v) is 12.3. The normalized spacial score (nSPS) is 23.0. The molecule has 21 heavy (non-hydrogen) atoms. The molecule has 0 aliphatic heterocycles. The predicted octanol–water partition coefficient (Wildman–Crippen LogP) is -0.0240. The van der Waals surface area contributed by atoms with Gasteiger partial charge in [-0.3, -0.25) is 19.2 Å². The number of carbonyl (C=O) groups is 4. The third-order valence-corrected chi connectivity index (χ3v) is 3.30. The predicted molar refractivity (Wildman–Crippen MR) is 66.8 cm³/mol. The summed E-state index contributed by atoms with van der Waals surface area (Å²) < 4.78 is 19.4. The van der Waals surface area contributed by atoms with E-state index < -0.39 is 41.5 Å². The zero-order valence-electron chi connectivity index (χ0n) is 12.3. The van der Waals surface area contributed by atoms with Crippen LogP contribution in [0.15, 0.2) is 0 Å². The molecule has 8 heteroatoms. The molecule has 0 unspecified atom stereocenters. The smallest absolute Gasteiger partial charge is 0.323 e. The topological polar surface area (TPSA) is 105 Å². The first-order valence-electron chi connectivity index (χ1n) is 6.28. The van der Waals surface area contributed by atoms with Gasteiger partial charge in [0.2, 0.25) is 0 Å². The molecule has 0 aromatic rings. The van der Waals surface area contributed by atoms with Gasteiger partial charge in [0.15, 0.2) is 5.41 Å². The lowest BCUT2D eigenvalue weighted by Crippen LogP contribution is -2.40. The number of esters is 4. The van der Waals surface area contributed by atoms with E-state index in [0.29, 0.717) is 0 Å². The molecule has 1 rings (SSSR count). The Kier molecular flexibility index (Phi) is 5.28. The summed E-state index contributed by atoms with van der Waals surface area (Å²) in [6.07, 6.45) is -2.15. The molecule has 0 saturated heterocycles. The number of methoxy groups -OCH3 is 2. The minimum atomic E-state index is -1.65. The Bertz CT molecular complexity index is 413. The van der Waals surface area contributed by atoms with E-state index in [1.165, 1.54) is 13.8 Å². The van der Waals surface area contributed by atoms with E-state index >= 15 is 0 Å². The summed E-state index contributed by atoms with van der Waals surface area (Å²) in [5.74, 6) is -2.85. The molecule has 1 aliphatic carbocycles. The zero-order chi connectivity index (χ0) is 16.2. The van der Waals surface area contributed by atoms with Crippen LogP contribution in [-0.2, 0) is 38.1 Å². The van der Waals surface area contributed by atoms with Crippen molar-refractivity contribution in [1.82, 2.24) is 0 Å². The first-order chi connectivity index (χ1) is 9.76. The van der Waals surface area contributed by atoms with E-state index in [-0.39, 0.29) is 12.8 Å². The Morgan fingerprint density at radius 2 is 1.14 bits per heavy atom. The second-order valence-corrected chi connectivity index (χ2v) is 4.77. The molecule has 0 bridgehead atoms. The van der Waals surface area contributed by atoms with Crippen LogP contribution in [0.25, 0.3) is 0 Å². The summed E-state index contributed by atoms with van der Waals surface area (Å²) in [6.45, 7) is 2.36. The first-order valence-corrected chi connectivity index (χ1v) is 6.28. The molecule has 1 aliphatic rings. The van der Waals surface area contributed by atoms with Crippen molar-refractivity contribution in [1.29, 1.82) is 0 Å². The number of carbonyl (C=O) groups excluding carboxylic acids is 4. The van der Waals surface area contributed by atoms with Crippen LogP contribution in [0, 0.1) is 5.41 Å². The fraction of sp³-hybridized carbons (Fsp3) is 0.692. The van der Waals surface area contributed by atoms with Crippen molar-refractivity contribution in [2.75, 3.05) is 14.2 Å². The van der Waals surface area contributed by atoms with Gasteiger partial charge in [-0.25, -0.2) is 0 Å². The minimum Gasteiger partial charge on any atom is -0.468 e. The van der Waals surface area contributed by atoms with Crippen LogP contribution < -0.4 is 0 Å². The molecule has 1 fully saturated rings. The monoisotopic (exact) mass is 302 g/mol. The van der Waals surface area contributed by atoms with Crippen molar-refractivity contribution in [2.24, 2.45) is 5.41 Å². The van der Waals surface area contributed by atoms with Gasteiger partial charge in [0.05, 0.1) is 14.2 Å².